The normalized spacial score (nSPS) is 11.1. The van der Waals surface area contributed by atoms with E-state index in [0.717, 1.165) is 33.9 Å². The fourth-order valence-electron chi connectivity index (χ4n) is 3.09. The molecular weight excluding hydrogens is 366 g/mol. The summed E-state index contributed by atoms with van der Waals surface area (Å²) in [6, 6.07) is 1.92. The van der Waals surface area contributed by atoms with Gasteiger partial charge in [0, 0.05) is 36.7 Å². The first-order chi connectivity index (χ1) is 14.1. The summed E-state index contributed by atoms with van der Waals surface area (Å²) in [4.78, 5) is 4.76. The largest absolute Gasteiger partial charge is 0.396 e. The van der Waals surface area contributed by atoms with Crippen LogP contribution >= 0.6 is 0 Å². The van der Waals surface area contributed by atoms with Crippen molar-refractivity contribution in [1.29, 1.82) is 0 Å². The molecule has 0 atom stereocenters. The Kier molecular flexibility index (Phi) is 7.13. The molecule has 0 amide bonds. The standard InChI is InChI=1S/C15H15N7O.C6H14/c23-5-1-4-21-9-12(8-19-21)13-10-22-14(2-3-18-22)15(20-13)11-6-16-17-7-11;1-4-5-6(2)3/h2-3,6-10,23H,1,4-5H2,(H,16,17);6H,4-5H2,1-3H3. The number of aryl methyl sites for hydroxylation is 1. The van der Waals surface area contributed by atoms with Gasteiger partial charge < -0.3 is 5.11 Å². The van der Waals surface area contributed by atoms with Crippen LogP contribution in [0, 0.1) is 5.92 Å². The van der Waals surface area contributed by atoms with Crippen molar-refractivity contribution in [3.63, 3.8) is 0 Å². The SMILES string of the molecule is CCCC(C)C.OCCCn1cc(-c2cn3nccc3c(-c3cn[nH]c3)n2)cn1. The highest BCUT2D eigenvalue weighted by atomic mass is 16.3. The number of fused-ring (bicyclic) bond motifs is 1. The zero-order valence-electron chi connectivity index (χ0n) is 17.3. The average molecular weight is 396 g/mol. The van der Waals surface area contributed by atoms with Crippen LogP contribution in [0.3, 0.4) is 0 Å². The second-order valence-corrected chi connectivity index (χ2v) is 7.37. The highest BCUT2D eigenvalue weighted by molar-refractivity contribution is 5.78. The van der Waals surface area contributed by atoms with E-state index >= 15 is 0 Å². The lowest BCUT2D eigenvalue weighted by Gasteiger charge is -2.04. The maximum Gasteiger partial charge on any atom is 0.0999 e. The van der Waals surface area contributed by atoms with Crippen molar-refractivity contribution < 1.29 is 5.11 Å². The molecule has 2 N–H and O–H groups in total. The Balaban J connectivity index is 0.000000353. The Morgan fingerprint density at radius 1 is 1.14 bits per heavy atom. The molecule has 0 saturated heterocycles. The van der Waals surface area contributed by atoms with E-state index in [2.05, 4.69) is 41.2 Å². The summed E-state index contributed by atoms with van der Waals surface area (Å²) in [5.41, 5.74) is 4.34. The molecule has 4 rings (SSSR count). The van der Waals surface area contributed by atoms with Crippen molar-refractivity contribution in [2.24, 2.45) is 5.92 Å². The van der Waals surface area contributed by atoms with E-state index in [1.165, 1.54) is 12.8 Å². The molecule has 0 aliphatic rings. The number of aromatic amines is 1. The van der Waals surface area contributed by atoms with Gasteiger partial charge in [-0.1, -0.05) is 33.6 Å². The minimum atomic E-state index is 0.150. The molecule has 0 saturated carbocycles. The zero-order valence-corrected chi connectivity index (χ0v) is 17.3. The first kappa shape index (κ1) is 20.7. The van der Waals surface area contributed by atoms with Crippen LogP contribution in [-0.4, -0.2) is 46.3 Å². The molecule has 8 nitrogen and oxygen atoms in total. The van der Waals surface area contributed by atoms with Crippen LogP contribution in [0.1, 0.15) is 40.0 Å². The van der Waals surface area contributed by atoms with Crippen LogP contribution in [-0.2, 0) is 6.54 Å². The van der Waals surface area contributed by atoms with Gasteiger partial charge in [0.2, 0.25) is 0 Å². The Bertz CT molecular complexity index is 1000. The molecule has 0 aliphatic heterocycles. The van der Waals surface area contributed by atoms with Crippen molar-refractivity contribution in [1.82, 2.24) is 34.6 Å². The molecule has 8 heteroatoms. The Labute approximate surface area is 170 Å². The van der Waals surface area contributed by atoms with Crippen molar-refractivity contribution in [2.75, 3.05) is 6.61 Å². The summed E-state index contributed by atoms with van der Waals surface area (Å²) in [6.07, 6.45) is 14.3. The van der Waals surface area contributed by atoms with E-state index in [-0.39, 0.29) is 6.61 Å². The Morgan fingerprint density at radius 3 is 2.66 bits per heavy atom. The highest BCUT2D eigenvalue weighted by Gasteiger charge is 2.12. The average Bonchev–Trinajstić information content (AvgIpc) is 3.47. The quantitative estimate of drug-likeness (QED) is 0.496. The molecule has 0 unspecified atom stereocenters. The number of aromatic nitrogens is 7. The van der Waals surface area contributed by atoms with Gasteiger partial charge in [-0.3, -0.25) is 9.78 Å². The van der Waals surface area contributed by atoms with Gasteiger partial charge in [0.05, 0.1) is 41.7 Å². The van der Waals surface area contributed by atoms with Gasteiger partial charge in [-0.05, 0) is 18.4 Å². The molecule has 29 heavy (non-hydrogen) atoms. The Morgan fingerprint density at radius 2 is 2.00 bits per heavy atom. The lowest BCUT2D eigenvalue weighted by molar-refractivity contribution is 0.277. The van der Waals surface area contributed by atoms with Gasteiger partial charge in [0.15, 0.2) is 0 Å². The number of hydrogen-bond acceptors (Lipinski definition) is 5. The molecular formula is C21H29N7O. The van der Waals surface area contributed by atoms with E-state index < -0.39 is 0 Å². The van der Waals surface area contributed by atoms with Crippen LogP contribution in [0.15, 0.2) is 43.2 Å². The number of aliphatic hydroxyl groups excluding tert-OH is 1. The molecule has 4 aromatic rings. The van der Waals surface area contributed by atoms with Crippen LogP contribution in [0.2, 0.25) is 0 Å². The predicted molar refractivity (Wildman–Crippen MR) is 113 cm³/mol. The van der Waals surface area contributed by atoms with Crippen LogP contribution < -0.4 is 0 Å². The van der Waals surface area contributed by atoms with Gasteiger partial charge in [0.1, 0.15) is 0 Å². The number of aliphatic hydroxyl groups is 1. The molecule has 4 heterocycles. The van der Waals surface area contributed by atoms with E-state index in [1.54, 1.807) is 27.8 Å². The van der Waals surface area contributed by atoms with Gasteiger partial charge in [-0.25, -0.2) is 9.50 Å². The molecule has 4 aromatic heterocycles. The predicted octanol–water partition coefficient (Wildman–Crippen LogP) is 3.81. The third-order valence-corrected chi connectivity index (χ3v) is 4.50. The molecule has 0 spiro atoms. The number of nitrogens with zero attached hydrogens (tertiary/aromatic N) is 6. The van der Waals surface area contributed by atoms with E-state index in [4.69, 9.17) is 10.1 Å². The van der Waals surface area contributed by atoms with Crippen LogP contribution in [0.4, 0.5) is 0 Å². The van der Waals surface area contributed by atoms with E-state index in [9.17, 15) is 0 Å². The molecule has 0 aromatic carbocycles. The third-order valence-electron chi connectivity index (χ3n) is 4.50. The highest BCUT2D eigenvalue weighted by Crippen LogP contribution is 2.25. The monoisotopic (exact) mass is 395 g/mol. The first-order valence-corrected chi connectivity index (χ1v) is 10.1. The first-order valence-electron chi connectivity index (χ1n) is 10.1. The molecule has 0 aliphatic carbocycles. The summed E-state index contributed by atoms with van der Waals surface area (Å²) in [7, 11) is 0. The number of rotatable bonds is 7. The summed E-state index contributed by atoms with van der Waals surface area (Å²) >= 11 is 0. The van der Waals surface area contributed by atoms with Crippen LogP contribution in [0.5, 0.6) is 0 Å². The minimum Gasteiger partial charge on any atom is -0.396 e. The smallest absolute Gasteiger partial charge is 0.0999 e. The summed E-state index contributed by atoms with van der Waals surface area (Å²) < 4.78 is 3.60. The maximum atomic E-state index is 8.91. The summed E-state index contributed by atoms with van der Waals surface area (Å²) in [5.74, 6) is 0.898. The minimum absolute atomic E-state index is 0.150. The number of nitrogens with one attached hydrogen (secondary N) is 1. The maximum absolute atomic E-state index is 8.91. The molecule has 0 fully saturated rings. The van der Waals surface area contributed by atoms with Gasteiger partial charge in [-0.2, -0.15) is 15.3 Å². The van der Waals surface area contributed by atoms with E-state index in [0.29, 0.717) is 13.0 Å². The number of hydrogen-bond donors (Lipinski definition) is 2. The van der Waals surface area contributed by atoms with Crippen molar-refractivity contribution in [3.8, 4) is 22.5 Å². The lowest BCUT2D eigenvalue weighted by Crippen LogP contribution is -2.00. The third kappa shape index (κ3) is 5.29. The van der Waals surface area contributed by atoms with Crippen molar-refractivity contribution in [2.45, 2.75) is 46.6 Å². The van der Waals surface area contributed by atoms with Gasteiger partial charge >= 0.3 is 0 Å². The molecule has 0 bridgehead atoms. The number of H-pyrrole nitrogens is 1. The lowest BCUT2D eigenvalue weighted by atomic mass is 10.1. The fourth-order valence-corrected chi connectivity index (χ4v) is 3.09. The topological polar surface area (TPSA) is 96.9 Å². The van der Waals surface area contributed by atoms with E-state index in [1.807, 2.05) is 24.7 Å². The summed E-state index contributed by atoms with van der Waals surface area (Å²) in [5, 5.41) is 24.3. The van der Waals surface area contributed by atoms with Crippen molar-refractivity contribution in [3.05, 3.63) is 43.2 Å². The Hall–Kier alpha value is -3.00. The zero-order chi connectivity index (χ0) is 20.6. The van der Waals surface area contributed by atoms with Crippen LogP contribution in [0.25, 0.3) is 28.0 Å². The second-order valence-electron chi connectivity index (χ2n) is 7.37. The molecule has 0 radical (unpaired) electrons. The molecule has 154 valence electrons. The second kappa shape index (κ2) is 9.97. The fraction of sp³-hybridized carbons (Fsp3) is 0.429. The van der Waals surface area contributed by atoms with Crippen molar-refractivity contribution >= 4 is 5.52 Å². The summed E-state index contributed by atoms with van der Waals surface area (Å²) in [6.45, 7) is 7.55. The van der Waals surface area contributed by atoms with Gasteiger partial charge in [0.25, 0.3) is 0 Å². The van der Waals surface area contributed by atoms with Gasteiger partial charge in [-0.15, -0.1) is 0 Å².